The number of nitro groups is 1. The van der Waals surface area contributed by atoms with Crippen LogP contribution in [-0.4, -0.2) is 23.8 Å². The number of rotatable bonds is 6. The van der Waals surface area contributed by atoms with Crippen LogP contribution in [0.1, 0.15) is 37.6 Å². The predicted molar refractivity (Wildman–Crippen MR) is 123 cm³/mol. The van der Waals surface area contributed by atoms with E-state index in [0.717, 1.165) is 35.8 Å². The SMILES string of the molecule is COc1ccc(NC(=O)c2c(NC(=O)c3cc([N+](=O)[O-])ccc3Cl)sc3c2CCC3)cc1. The number of nitrogens with zero attached hydrogens (tertiary/aromatic N) is 1. The molecule has 0 saturated carbocycles. The number of anilines is 2. The van der Waals surface area contributed by atoms with Gasteiger partial charge in [0, 0.05) is 22.7 Å². The lowest BCUT2D eigenvalue weighted by Gasteiger charge is -2.11. The summed E-state index contributed by atoms with van der Waals surface area (Å²) in [4.78, 5) is 37.5. The topological polar surface area (TPSA) is 111 Å². The van der Waals surface area contributed by atoms with Gasteiger partial charge in [0.15, 0.2) is 0 Å². The van der Waals surface area contributed by atoms with E-state index >= 15 is 0 Å². The number of nitrogens with one attached hydrogen (secondary N) is 2. The third-order valence-electron chi connectivity index (χ3n) is 5.13. The van der Waals surface area contributed by atoms with Crippen LogP contribution in [0.25, 0.3) is 0 Å². The van der Waals surface area contributed by atoms with Crippen molar-refractivity contribution in [2.45, 2.75) is 19.3 Å². The van der Waals surface area contributed by atoms with Gasteiger partial charge in [0.05, 0.1) is 28.2 Å². The van der Waals surface area contributed by atoms with E-state index < -0.39 is 10.8 Å². The highest BCUT2D eigenvalue weighted by Gasteiger charge is 2.28. The minimum atomic E-state index is -0.614. The fraction of sp³-hybridized carbons (Fsp3) is 0.182. The highest BCUT2D eigenvalue weighted by atomic mass is 35.5. The van der Waals surface area contributed by atoms with Gasteiger partial charge in [-0.2, -0.15) is 0 Å². The maximum Gasteiger partial charge on any atom is 0.270 e. The van der Waals surface area contributed by atoms with Crippen molar-refractivity contribution in [2.75, 3.05) is 17.7 Å². The summed E-state index contributed by atoms with van der Waals surface area (Å²) < 4.78 is 5.13. The molecule has 10 heteroatoms. The standard InChI is InChI=1S/C22H18ClN3O5S/c1-31-14-8-5-12(6-9-14)24-21(28)19-15-3-2-4-18(15)32-22(19)25-20(27)16-11-13(26(29)30)7-10-17(16)23/h5-11H,2-4H2,1H3,(H,24,28)(H,25,27). The van der Waals surface area contributed by atoms with Gasteiger partial charge in [0.1, 0.15) is 10.8 Å². The average molecular weight is 472 g/mol. The second-order valence-corrected chi connectivity index (χ2v) is 8.63. The van der Waals surface area contributed by atoms with Crippen molar-refractivity contribution in [3.05, 3.63) is 79.2 Å². The molecular weight excluding hydrogens is 454 g/mol. The van der Waals surface area contributed by atoms with Crippen LogP contribution in [0.4, 0.5) is 16.4 Å². The molecule has 2 N–H and O–H groups in total. The number of hydrogen-bond acceptors (Lipinski definition) is 6. The maximum atomic E-state index is 13.1. The van der Waals surface area contributed by atoms with E-state index in [1.165, 1.54) is 23.5 Å². The molecule has 8 nitrogen and oxygen atoms in total. The zero-order valence-electron chi connectivity index (χ0n) is 16.9. The number of amides is 2. The molecule has 2 aromatic carbocycles. The van der Waals surface area contributed by atoms with E-state index in [2.05, 4.69) is 10.6 Å². The van der Waals surface area contributed by atoms with E-state index in [-0.39, 0.29) is 22.2 Å². The van der Waals surface area contributed by atoms with Crippen molar-refractivity contribution in [3.8, 4) is 5.75 Å². The summed E-state index contributed by atoms with van der Waals surface area (Å²) in [5, 5.41) is 17.1. The molecule has 1 aliphatic carbocycles. The van der Waals surface area contributed by atoms with E-state index in [1.807, 2.05) is 0 Å². The zero-order chi connectivity index (χ0) is 22.8. The molecule has 0 aliphatic heterocycles. The first kappa shape index (κ1) is 21.8. The second-order valence-electron chi connectivity index (χ2n) is 7.12. The van der Waals surface area contributed by atoms with Crippen molar-refractivity contribution in [2.24, 2.45) is 0 Å². The molecule has 1 heterocycles. The highest BCUT2D eigenvalue weighted by Crippen LogP contribution is 2.40. The number of aryl methyl sites for hydroxylation is 1. The smallest absolute Gasteiger partial charge is 0.270 e. The summed E-state index contributed by atoms with van der Waals surface area (Å²) in [7, 11) is 1.56. The van der Waals surface area contributed by atoms with Crippen LogP contribution in [0.3, 0.4) is 0 Å². The number of halogens is 1. The third-order valence-corrected chi connectivity index (χ3v) is 6.67. The summed E-state index contributed by atoms with van der Waals surface area (Å²) >= 11 is 7.44. The van der Waals surface area contributed by atoms with Gasteiger partial charge in [0.2, 0.25) is 0 Å². The Bertz CT molecular complexity index is 1220. The lowest BCUT2D eigenvalue weighted by Crippen LogP contribution is -2.18. The summed E-state index contributed by atoms with van der Waals surface area (Å²) in [6.45, 7) is 0. The van der Waals surface area contributed by atoms with Crippen molar-refractivity contribution < 1.29 is 19.2 Å². The molecule has 164 valence electrons. The Morgan fingerprint density at radius 2 is 1.84 bits per heavy atom. The summed E-state index contributed by atoms with van der Waals surface area (Å²) in [6, 6.07) is 10.6. The first-order chi connectivity index (χ1) is 15.4. The molecule has 0 radical (unpaired) electrons. The van der Waals surface area contributed by atoms with Crippen molar-refractivity contribution in [1.29, 1.82) is 0 Å². The number of methoxy groups -OCH3 is 1. The van der Waals surface area contributed by atoms with Gasteiger partial charge in [-0.3, -0.25) is 19.7 Å². The predicted octanol–water partition coefficient (Wildman–Crippen LogP) is 5.31. The van der Waals surface area contributed by atoms with Gasteiger partial charge < -0.3 is 15.4 Å². The van der Waals surface area contributed by atoms with E-state index in [9.17, 15) is 19.7 Å². The largest absolute Gasteiger partial charge is 0.497 e. The summed E-state index contributed by atoms with van der Waals surface area (Å²) in [5.41, 5.74) is 1.64. The minimum Gasteiger partial charge on any atom is -0.497 e. The number of non-ortho nitro benzene ring substituents is 1. The third kappa shape index (κ3) is 4.30. The van der Waals surface area contributed by atoms with Crippen LogP contribution < -0.4 is 15.4 Å². The number of thiophene rings is 1. The van der Waals surface area contributed by atoms with E-state index in [1.54, 1.807) is 31.4 Å². The number of benzene rings is 2. The van der Waals surface area contributed by atoms with Crippen molar-refractivity contribution in [3.63, 3.8) is 0 Å². The van der Waals surface area contributed by atoms with Crippen LogP contribution in [0.2, 0.25) is 5.02 Å². The number of hydrogen-bond donors (Lipinski definition) is 2. The molecule has 0 saturated heterocycles. The molecule has 0 fully saturated rings. The average Bonchev–Trinajstić information content (AvgIpc) is 3.35. The normalized spacial score (nSPS) is 12.2. The Morgan fingerprint density at radius 1 is 1.09 bits per heavy atom. The lowest BCUT2D eigenvalue weighted by molar-refractivity contribution is -0.384. The Kier molecular flexibility index (Phi) is 6.11. The van der Waals surface area contributed by atoms with Crippen molar-refractivity contribution >= 4 is 51.1 Å². The van der Waals surface area contributed by atoms with E-state index in [0.29, 0.717) is 22.0 Å². The fourth-order valence-corrected chi connectivity index (χ4v) is 5.06. The number of fused-ring (bicyclic) bond motifs is 1. The van der Waals surface area contributed by atoms with Gasteiger partial charge >= 0.3 is 0 Å². The number of ether oxygens (including phenoxy) is 1. The monoisotopic (exact) mass is 471 g/mol. The van der Waals surface area contributed by atoms with Gasteiger partial charge in [0.25, 0.3) is 17.5 Å². The second kappa shape index (κ2) is 8.97. The molecule has 3 aromatic rings. The lowest BCUT2D eigenvalue weighted by atomic mass is 10.1. The first-order valence-corrected chi connectivity index (χ1v) is 10.9. The molecular formula is C22H18ClN3O5S. The number of carbonyl (C=O) groups excluding carboxylic acids is 2. The first-order valence-electron chi connectivity index (χ1n) is 9.72. The molecule has 0 spiro atoms. The van der Waals surface area contributed by atoms with Crippen LogP contribution in [0.15, 0.2) is 42.5 Å². The van der Waals surface area contributed by atoms with E-state index in [4.69, 9.17) is 16.3 Å². The van der Waals surface area contributed by atoms with Gasteiger partial charge in [-0.1, -0.05) is 11.6 Å². The molecule has 0 atom stereocenters. The van der Waals surface area contributed by atoms with Crippen LogP contribution in [-0.2, 0) is 12.8 Å². The molecule has 4 rings (SSSR count). The van der Waals surface area contributed by atoms with Crippen LogP contribution >= 0.6 is 22.9 Å². The van der Waals surface area contributed by atoms with Crippen LogP contribution in [0.5, 0.6) is 5.75 Å². The van der Waals surface area contributed by atoms with Gasteiger partial charge in [-0.15, -0.1) is 11.3 Å². The Labute approximate surface area is 192 Å². The Balaban J connectivity index is 1.63. The molecule has 0 bridgehead atoms. The Morgan fingerprint density at radius 3 is 2.53 bits per heavy atom. The molecule has 1 aliphatic rings. The minimum absolute atomic E-state index is 0.0315. The maximum absolute atomic E-state index is 13.1. The van der Waals surface area contributed by atoms with Crippen LogP contribution in [0, 0.1) is 10.1 Å². The molecule has 32 heavy (non-hydrogen) atoms. The summed E-state index contributed by atoms with van der Waals surface area (Å²) in [5.74, 6) is -0.284. The van der Waals surface area contributed by atoms with Gasteiger partial charge in [-0.25, -0.2) is 0 Å². The quantitative estimate of drug-likeness (QED) is 0.373. The Hall–Kier alpha value is -3.43. The summed E-state index contributed by atoms with van der Waals surface area (Å²) in [6.07, 6.45) is 2.51. The molecule has 2 amide bonds. The fourth-order valence-electron chi connectivity index (χ4n) is 3.57. The van der Waals surface area contributed by atoms with Gasteiger partial charge in [-0.05, 0) is 55.2 Å². The number of nitro benzene ring substituents is 1. The number of carbonyl (C=O) groups is 2. The van der Waals surface area contributed by atoms with Crippen molar-refractivity contribution in [1.82, 2.24) is 0 Å². The molecule has 1 aromatic heterocycles. The highest BCUT2D eigenvalue weighted by molar-refractivity contribution is 7.17. The molecule has 0 unspecified atom stereocenters. The zero-order valence-corrected chi connectivity index (χ0v) is 18.5.